The largest absolute Gasteiger partial charge is 0.465 e. The Bertz CT molecular complexity index is 1100. The number of ether oxygens (including phenoxy) is 1. The Morgan fingerprint density at radius 2 is 1.79 bits per heavy atom. The molecule has 0 bridgehead atoms. The summed E-state index contributed by atoms with van der Waals surface area (Å²) in [6.45, 7) is 2.08. The van der Waals surface area contributed by atoms with E-state index < -0.39 is 11.9 Å². The molecule has 3 aromatic rings. The standard InChI is InChI=1S/C19H15Cl3N4O3/c1-10-17(24-25-26(10)9-11-3-5-13(20)15(22)7-11)18(27)23-16-8-12(19(28)29-2)4-6-14(16)21/h3-8H,9H2,1-2H3,(H,23,27). The average molecular weight is 454 g/mol. The van der Waals surface area contributed by atoms with Crippen LogP contribution in [0.4, 0.5) is 5.69 Å². The van der Waals surface area contributed by atoms with Crippen molar-refractivity contribution in [2.24, 2.45) is 0 Å². The van der Waals surface area contributed by atoms with Crippen molar-refractivity contribution >= 4 is 52.4 Å². The third kappa shape index (κ3) is 4.70. The van der Waals surface area contributed by atoms with Gasteiger partial charge < -0.3 is 10.1 Å². The molecular weight excluding hydrogens is 439 g/mol. The number of amides is 1. The van der Waals surface area contributed by atoms with E-state index in [9.17, 15) is 9.59 Å². The van der Waals surface area contributed by atoms with E-state index in [1.165, 1.54) is 25.3 Å². The molecule has 0 aliphatic heterocycles. The number of nitrogens with zero attached hydrogens (tertiary/aromatic N) is 3. The highest BCUT2D eigenvalue weighted by molar-refractivity contribution is 6.42. The molecule has 1 amide bonds. The smallest absolute Gasteiger partial charge is 0.337 e. The molecule has 1 N–H and O–H groups in total. The normalized spacial score (nSPS) is 10.7. The van der Waals surface area contributed by atoms with E-state index in [-0.39, 0.29) is 22.0 Å². The van der Waals surface area contributed by atoms with Gasteiger partial charge in [0.05, 0.1) is 45.7 Å². The summed E-state index contributed by atoms with van der Waals surface area (Å²) in [6, 6.07) is 9.66. The minimum absolute atomic E-state index is 0.129. The molecule has 2 aromatic carbocycles. The maximum atomic E-state index is 12.7. The highest BCUT2D eigenvalue weighted by atomic mass is 35.5. The number of esters is 1. The number of rotatable bonds is 5. The van der Waals surface area contributed by atoms with Crippen LogP contribution in [-0.4, -0.2) is 34.0 Å². The summed E-state index contributed by atoms with van der Waals surface area (Å²) in [5.74, 6) is -1.05. The van der Waals surface area contributed by atoms with Crippen LogP contribution in [0.2, 0.25) is 15.1 Å². The average Bonchev–Trinajstić information content (AvgIpc) is 3.06. The van der Waals surface area contributed by atoms with Crippen LogP contribution < -0.4 is 5.32 Å². The van der Waals surface area contributed by atoms with Crippen LogP contribution in [0.1, 0.15) is 32.1 Å². The van der Waals surface area contributed by atoms with E-state index in [0.29, 0.717) is 22.3 Å². The molecule has 0 spiro atoms. The maximum absolute atomic E-state index is 12.7. The summed E-state index contributed by atoms with van der Waals surface area (Å²) in [4.78, 5) is 24.3. The van der Waals surface area contributed by atoms with Gasteiger partial charge in [-0.2, -0.15) is 0 Å². The summed E-state index contributed by atoms with van der Waals surface area (Å²) in [5, 5.41) is 11.8. The van der Waals surface area contributed by atoms with Crippen LogP contribution in [0.15, 0.2) is 36.4 Å². The first-order valence-corrected chi connectivity index (χ1v) is 9.46. The Kier molecular flexibility index (Phi) is 6.42. The number of benzene rings is 2. The van der Waals surface area contributed by atoms with E-state index in [1.54, 1.807) is 23.7 Å². The highest BCUT2D eigenvalue weighted by Gasteiger charge is 2.19. The van der Waals surface area contributed by atoms with Gasteiger partial charge in [-0.15, -0.1) is 5.10 Å². The Hall–Kier alpha value is -2.61. The number of aromatic nitrogens is 3. The minimum atomic E-state index is -0.541. The van der Waals surface area contributed by atoms with Crippen molar-refractivity contribution < 1.29 is 14.3 Å². The number of nitrogens with one attached hydrogen (secondary N) is 1. The Morgan fingerprint density at radius 3 is 2.48 bits per heavy atom. The first kappa shape index (κ1) is 21.1. The topological polar surface area (TPSA) is 86.1 Å². The molecule has 3 rings (SSSR count). The van der Waals surface area contributed by atoms with Gasteiger partial charge in [-0.05, 0) is 42.8 Å². The zero-order chi connectivity index (χ0) is 21.1. The van der Waals surface area contributed by atoms with Crippen molar-refractivity contribution in [3.05, 3.63) is 74.0 Å². The van der Waals surface area contributed by atoms with Gasteiger partial charge in [0, 0.05) is 0 Å². The zero-order valence-electron chi connectivity index (χ0n) is 15.4. The monoisotopic (exact) mass is 452 g/mol. The predicted octanol–water partition coefficient (Wildman–Crippen LogP) is 4.63. The van der Waals surface area contributed by atoms with Crippen LogP contribution >= 0.6 is 34.8 Å². The molecular formula is C19H15Cl3N4O3. The first-order valence-electron chi connectivity index (χ1n) is 8.33. The maximum Gasteiger partial charge on any atom is 0.337 e. The fraction of sp³-hybridized carbons (Fsp3) is 0.158. The molecule has 0 atom stereocenters. The van der Waals surface area contributed by atoms with Crippen molar-refractivity contribution in [2.75, 3.05) is 12.4 Å². The minimum Gasteiger partial charge on any atom is -0.465 e. The van der Waals surface area contributed by atoms with Crippen molar-refractivity contribution in [3.8, 4) is 0 Å². The van der Waals surface area contributed by atoms with Crippen LogP contribution in [0.25, 0.3) is 0 Å². The number of anilines is 1. The number of hydrogen-bond acceptors (Lipinski definition) is 5. The third-order valence-corrected chi connectivity index (χ3v) is 5.22. The molecule has 0 unspecified atom stereocenters. The SMILES string of the molecule is COC(=O)c1ccc(Cl)c(NC(=O)c2nnn(Cc3ccc(Cl)c(Cl)c3)c2C)c1. The Balaban J connectivity index is 1.80. The second kappa shape index (κ2) is 8.82. The van der Waals surface area contributed by atoms with Gasteiger partial charge in [0.15, 0.2) is 5.69 Å². The molecule has 150 valence electrons. The quantitative estimate of drug-likeness (QED) is 0.569. The lowest BCUT2D eigenvalue weighted by Crippen LogP contribution is -2.15. The summed E-state index contributed by atoms with van der Waals surface area (Å²) in [7, 11) is 1.27. The molecule has 10 heteroatoms. The first-order chi connectivity index (χ1) is 13.8. The molecule has 0 fully saturated rings. The van der Waals surface area contributed by atoms with E-state index in [0.717, 1.165) is 5.56 Å². The van der Waals surface area contributed by atoms with Crippen LogP contribution in [-0.2, 0) is 11.3 Å². The number of carbonyl (C=O) groups is 2. The number of halogens is 3. The summed E-state index contributed by atoms with van der Waals surface area (Å²) in [5.41, 5.74) is 2.05. The van der Waals surface area contributed by atoms with E-state index in [2.05, 4.69) is 20.4 Å². The van der Waals surface area contributed by atoms with Crippen molar-refractivity contribution in [2.45, 2.75) is 13.5 Å². The van der Waals surface area contributed by atoms with Gasteiger partial charge in [-0.3, -0.25) is 4.79 Å². The molecule has 7 nitrogen and oxygen atoms in total. The Morgan fingerprint density at radius 1 is 1.07 bits per heavy atom. The van der Waals surface area contributed by atoms with Gasteiger partial charge in [0.2, 0.25) is 0 Å². The molecule has 0 saturated carbocycles. The highest BCUT2D eigenvalue weighted by Crippen LogP contribution is 2.25. The van der Waals surface area contributed by atoms with E-state index in [1.807, 2.05) is 6.07 Å². The van der Waals surface area contributed by atoms with Crippen molar-refractivity contribution in [3.63, 3.8) is 0 Å². The molecule has 1 heterocycles. The van der Waals surface area contributed by atoms with Crippen LogP contribution in [0.3, 0.4) is 0 Å². The number of hydrogen-bond donors (Lipinski definition) is 1. The summed E-state index contributed by atoms with van der Waals surface area (Å²) < 4.78 is 6.25. The predicted molar refractivity (Wildman–Crippen MR) is 111 cm³/mol. The Labute approximate surface area is 181 Å². The second-order valence-corrected chi connectivity index (χ2v) is 7.29. The van der Waals surface area contributed by atoms with Crippen molar-refractivity contribution in [1.29, 1.82) is 0 Å². The lowest BCUT2D eigenvalue weighted by atomic mass is 10.2. The lowest BCUT2D eigenvalue weighted by Gasteiger charge is -2.09. The fourth-order valence-electron chi connectivity index (χ4n) is 2.58. The van der Waals surface area contributed by atoms with Crippen molar-refractivity contribution in [1.82, 2.24) is 15.0 Å². The third-order valence-electron chi connectivity index (χ3n) is 4.15. The zero-order valence-corrected chi connectivity index (χ0v) is 17.6. The number of carbonyl (C=O) groups excluding carboxylic acids is 2. The van der Waals surface area contributed by atoms with Gasteiger partial charge in [-0.1, -0.05) is 46.1 Å². The van der Waals surface area contributed by atoms with Gasteiger partial charge in [0.25, 0.3) is 5.91 Å². The summed E-state index contributed by atoms with van der Waals surface area (Å²) in [6.07, 6.45) is 0. The molecule has 0 saturated heterocycles. The fourth-order valence-corrected chi connectivity index (χ4v) is 3.06. The van der Waals surface area contributed by atoms with Crippen LogP contribution in [0, 0.1) is 6.92 Å². The summed E-state index contributed by atoms with van der Waals surface area (Å²) >= 11 is 18.1. The molecule has 1 aromatic heterocycles. The molecule has 0 aliphatic rings. The molecule has 29 heavy (non-hydrogen) atoms. The van der Waals surface area contributed by atoms with Crippen LogP contribution in [0.5, 0.6) is 0 Å². The van der Waals surface area contributed by atoms with E-state index >= 15 is 0 Å². The van der Waals surface area contributed by atoms with Gasteiger partial charge in [0.1, 0.15) is 0 Å². The van der Waals surface area contributed by atoms with E-state index in [4.69, 9.17) is 34.8 Å². The molecule has 0 aliphatic carbocycles. The molecule has 0 radical (unpaired) electrons. The van der Waals surface area contributed by atoms with Gasteiger partial charge >= 0.3 is 5.97 Å². The lowest BCUT2D eigenvalue weighted by molar-refractivity contribution is 0.0600. The van der Waals surface area contributed by atoms with Gasteiger partial charge in [-0.25, -0.2) is 9.48 Å². The second-order valence-electron chi connectivity index (χ2n) is 6.07. The number of methoxy groups -OCH3 is 1.